The summed E-state index contributed by atoms with van der Waals surface area (Å²) in [5.41, 5.74) is 2.33. The molecule has 0 aliphatic carbocycles. The highest BCUT2D eigenvalue weighted by Gasteiger charge is 2.22. The molecule has 0 spiro atoms. The van der Waals surface area contributed by atoms with Gasteiger partial charge < -0.3 is 14.4 Å². The van der Waals surface area contributed by atoms with Crippen molar-refractivity contribution >= 4 is 17.7 Å². The summed E-state index contributed by atoms with van der Waals surface area (Å²) in [4.78, 5) is 2.32. The molecule has 0 saturated carbocycles. The average molecular weight is 411 g/mol. The molecular formula is C22H26N4O2S. The summed E-state index contributed by atoms with van der Waals surface area (Å²) in [6.07, 6.45) is 2.41. The van der Waals surface area contributed by atoms with E-state index in [-0.39, 0.29) is 0 Å². The van der Waals surface area contributed by atoms with Gasteiger partial charge in [-0.1, -0.05) is 41.6 Å². The van der Waals surface area contributed by atoms with Crippen molar-refractivity contribution in [2.75, 3.05) is 37.5 Å². The summed E-state index contributed by atoms with van der Waals surface area (Å²) in [6, 6.07) is 16.2. The third kappa shape index (κ3) is 4.50. The lowest BCUT2D eigenvalue weighted by Gasteiger charge is -2.18. The van der Waals surface area contributed by atoms with Crippen LogP contribution in [0.5, 0.6) is 11.5 Å². The van der Waals surface area contributed by atoms with Gasteiger partial charge in [0.05, 0.1) is 19.4 Å². The van der Waals surface area contributed by atoms with Crippen LogP contribution >= 0.6 is 11.8 Å². The first-order valence-electron chi connectivity index (χ1n) is 9.92. The number of para-hydroxylation sites is 2. The molecule has 152 valence electrons. The van der Waals surface area contributed by atoms with Gasteiger partial charge in [-0.05, 0) is 44.0 Å². The highest BCUT2D eigenvalue weighted by molar-refractivity contribution is 7.99. The molecule has 1 saturated heterocycles. The minimum Gasteiger partial charge on any atom is -0.493 e. The van der Waals surface area contributed by atoms with E-state index in [2.05, 4.69) is 50.9 Å². The van der Waals surface area contributed by atoms with Crippen LogP contribution < -0.4 is 14.4 Å². The maximum atomic E-state index is 5.90. The fourth-order valence-electron chi connectivity index (χ4n) is 3.42. The first-order chi connectivity index (χ1) is 14.3. The Morgan fingerprint density at radius 3 is 2.41 bits per heavy atom. The predicted molar refractivity (Wildman–Crippen MR) is 117 cm³/mol. The van der Waals surface area contributed by atoms with Crippen molar-refractivity contribution in [1.29, 1.82) is 0 Å². The first-order valence-corrected chi connectivity index (χ1v) is 10.9. The zero-order valence-electron chi connectivity index (χ0n) is 16.9. The zero-order valence-corrected chi connectivity index (χ0v) is 17.7. The number of hydrogen-bond donors (Lipinski definition) is 0. The van der Waals surface area contributed by atoms with Gasteiger partial charge in [0.2, 0.25) is 5.95 Å². The van der Waals surface area contributed by atoms with E-state index < -0.39 is 0 Å². The van der Waals surface area contributed by atoms with Crippen LogP contribution in [0.2, 0.25) is 0 Å². The van der Waals surface area contributed by atoms with Crippen LogP contribution in [-0.2, 0) is 0 Å². The summed E-state index contributed by atoms with van der Waals surface area (Å²) in [5, 5.41) is 9.90. The molecule has 2 aromatic carbocycles. The van der Waals surface area contributed by atoms with Gasteiger partial charge in [0.25, 0.3) is 0 Å². The van der Waals surface area contributed by atoms with Crippen LogP contribution in [0.15, 0.2) is 53.7 Å². The SMILES string of the molecule is COc1ccccc1OCCSc1nnc(N2CCCC2)n1-c1ccc(C)cc1. The Balaban J connectivity index is 1.48. The number of benzene rings is 2. The van der Waals surface area contributed by atoms with E-state index in [4.69, 9.17) is 9.47 Å². The molecule has 4 rings (SSSR count). The molecule has 1 aliphatic heterocycles. The summed E-state index contributed by atoms with van der Waals surface area (Å²) in [5.74, 6) is 3.20. The largest absolute Gasteiger partial charge is 0.493 e. The van der Waals surface area contributed by atoms with Gasteiger partial charge >= 0.3 is 0 Å². The topological polar surface area (TPSA) is 52.4 Å². The van der Waals surface area contributed by atoms with E-state index in [0.29, 0.717) is 6.61 Å². The van der Waals surface area contributed by atoms with Crippen molar-refractivity contribution < 1.29 is 9.47 Å². The van der Waals surface area contributed by atoms with E-state index in [1.54, 1.807) is 18.9 Å². The number of thioether (sulfide) groups is 1. The highest BCUT2D eigenvalue weighted by atomic mass is 32.2. The second-order valence-corrected chi connectivity index (χ2v) is 8.06. The molecule has 1 fully saturated rings. The lowest BCUT2D eigenvalue weighted by Crippen LogP contribution is -2.22. The Hall–Kier alpha value is -2.67. The molecule has 0 atom stereocenters. The lowest BCUT2D eigenvalue weighted by molar-refractivity contribution is 0.313. The number of methoxy groups -OCH3 is 1. The van der Waals surface area contributed by atoms with Crippen molar-refractivity contribution in [2.45, 2.75) is 24.9 Å². The zero-order chi connectivity index (χ0) is 20.1. The van der Waals surface area contributed by atoms with Gasteiger partial charge in [-0.25, -0.2) is 0 Å². The van der Waals surface area contributed by atoms with Crippen molar-refractivity contribution in [3.8, 4) is 17.2 Å². The smallest absolute Gasteiger partial charge is 0.232 e. The van der Waals surface area contributed by atoms with Crippen LogP contribution in [-0.4, -0.2) is 47.3 Å². The molecule has 29 heavy (non-hydrogen) atoms. The summed E-state index contributed by atoms with van der Waals surface area (Å²) in [7, 11) is 1.65. The second kappa shape index (κ2) is 9.22. The van der Waals surface area contributed by atoms with Crippen LogP contribution in [0, 0.1) is 6.92 Å². The maximum absolute atomic E-state index is 5.90. The third-order valence-electron chi connectivity index (χ3n) is 4.94. The van der Waals surface area contributed by atoms with Crippen molar-refractivity contribution in [2.24, 2.45) is 0 Å². The lowest BCUT2D eigenvalue weighted by atomic mass is 10.2. The van der Waals surface area contributed by atoms with Gasteiger partial charge in [0.15, 0.2) is 16.7 Å². The summed E-state index contributed by atoms with van der Waals surface area (Å²) < 4.78 is 13.4. The molecule has 3 aromatic rings. The van der Waals surface area contributed by atoms with Crippen molar-refractivity contribution in [3.05, 3.63) is 54.1 Å². The third-order valence-corrected chi connectivity index (χ3v) is 5.83. The molecule has 1 aromatic heterocycles. The van der Waals surface area contributed by atoms with Gasteiger partial charge in [0, 0.05) is 18.8 Å². The van der Waals surface area contributed by atoms with E-state index in [1.165, 1.54) is 18.4 Å². The Kier molecular flexibility index (Phi) is 6.24. The molecular weight excluding hydrogens is 384 g/mol. The number of ether oxygens (including phenoxy) is 2. The molecule has 0 amide bonds. The standard InChI is InChI=1S/C22H26N4O2S/c1-17-9-11-18(12-10-17)26-21(25-13-5-6-14-25)23-24-22(26)29-16-15-28-20-8-4-3-7-19(20)27-2/h3-4,7-12H,5-6,13-16H2,1-2H3. The van der Waals surface area contributed by atoms with E-state index in [9.17, 15) is 0 Å². The average Bonchev–Trinajstić information content (AvgIpc) is 3.42. The van der Waals surface area contributed by atoms with Crippen LogP contribution in [0.25, 0.3) is 5.69 Å². The minimum atomic E-state index is 0.560. The van der Waals surface area contributed by atoms with Crippen LogP contribution in [0.3, 0.4) is 0 Å². The summed E-state index contributed by atoms with van der Waals surface area (Å²) in [6.45, 7) is 4.73. The van der Waals surface area contributed by atoms with Crippen LogP contribution in [0.4, 0.5) is 5.95 Å². The predicted octanol–water partition coefficient (Wildman–Crippen LogP) is 4.36. The fraction of sp³-hybridized carbons (Fsp3) is 0.364. The normalized spacial score (nSPS) is 13.7. The van der Waals surface area contributed by atoms with E-state index >= 15 is 0 Å². The molecule has 1 aliphatic rings. The maximum Gasteiger partial charge on any atom is 0.232 e. The first kappa shape index (κ1) is 19.6. The quantitative estimate of drug-likeness (QED) is 0.406. The molecule has 6 nitrogen and oxygen atoms in total. The second-order valence-electron chi connectivity index (χ2n) is 7.00. The molecule has 0 radical (unpaired) electrons. The van der Waals surface area contributed by atoms with E-state index in [0.717, 1.165) is 47.1 Å². The number of rotatable bonds is 8. The monoisotopic (exact) mass is 410 g/mol. The number of aromatic nitrogens is 3. The van der Waals surface area contributed by atoms with Crippen molar-refractivity contribution in [1.82, 2.24) is 14.8 Å². The Labute approximate surface area is 175 Å². The molecule has 7 heteroatoms. The van der Waals surface area contributed by atoms with Crippen LogP contribution in [0.1, 0.15) is 18.4 Å². The Morgan fingerprint density at radius 1 is 0.966 bits per heavy atom. The number of aryl methyl sites for hydroxylation is 1. The number of anilines is 1. The minimum absolute atomic E-state index is 0.560. The molecule has 0 N–H and O–H groups in total. The van der Waals surface area contributed by atoms with Gasteiger partial charge in [0.1, 0.15) is 0 Å². The summed E-state index contributed by atoms with van der Waals surface area (Å²) >= 11 is 1.66. The van der Waals surface area contributed by atoms with Gasteiger partial charge in [-0.2, -0.15) is 0 Å². The number of hydrogen-bond acceptors (Lipinski definition) is 6. The molecule has 0 unspecified atom stereocenters. The highest BCUT2D eigenvalue weighted by Crippen LogP contribution is 2.30. The van der Waals surface area contributed by atoms with Gasteiger partial charge in [-0.15, -0.1) is 10.2 Å². The fourth-order valence-corrected chi connectivity index (χ4v) is 4.18. The Morgan fingerprint density at radius 2 is 1.69 bits per heavy atom. The Bertz CT molecular complexity index is 936. The van der Waals surface area contributed by atoms with Gasteiger partial charge in [-0.3, -0.25) is 4.57 Å². The van der Waals surface area contributed by atoms with E-state index in [1.807, 2.05) is 24.3 Å². The van der Waals surface area contributed by atoms with Crippen molar-refractivity contribution in [3.63, 3.8) is 0 Å². The molecule has 2 heterocycles. The molecule has 0 bridgehead atoms. The number of nitrogens with zero attached hydrogens (tertiary/aromatic N) is 4.